The lowest BCUT2D eigenvalue weighted by atomic mass is 9.98. The Morgan fingerprint density at radius 3 is 2.44 bits per heavy atom. The third-order valence-corrected chi connectivity index (χ3v) is 3.06. The first kappa shape index (κ1) is 12.9. The standard InChI is InChI=1S/C14H22N2O2/c1-4-5-14(2,3)16-11-9-13-12(8-10(11)15)17-6-7-18-13/h8-9,16H,4-7,15H2,1-3H3. The van der Waals surface area contributed by atoms with Gasteiger partial charge in [-0.05, 0) is 20.3 Å². The highest BCUT2D eigenvalue weighted by Gasteiger charge is 2.20. The van der Waals surface area contributed by atoms with Gasteiger partial charge in [0.25, 0.3) is 0 Å². The zero-order valence-corrected chi connectivity index (χ0v) is 11.4. The number of ether oxygens (including phenoxy) is 2. The number of hydrogen-bond acceptors (Lipinski definition) is 4. The number of hydrogen-bond donors (Lipinski definition) is 2. The molecule has 1 aromatic rings. The van der Waals surface area contributed by atoms with Crippen molar-refractivity contribution < 1.29 is 9.47 Å². The van der Waals surface area contributed by atoms with Crippen molar-refractivity contribution in [2.24, 2.45) is 0 Å². The van der Waals surface area contributed by atoms with Gasteiger partial charge in [0.2, 0.25) is 0 Å². The van der Waals surface area contributed by atoms with Gasteiger partial charge < -0.3 is 20.5 Å². The van der Waals surface area contributed by atoms with Crippen LogP contribution in [0.25, 0.3) is 0 Å². The molecule has 3 N–H and O–H groups in total. The van der Waals surface area contributed by atoms with Crippen molar-refractivity contribution in [2.45, 2.75) is 39.2 Å². The van der Waals surface area contributed by atoms with Gasteiger partial charge in [-0.2, -0.15) is 0 Å². The minimum atomic E-state index is 0.0205. The van der Waals surface area contributed by atoms with E-state index in [0.717, 1.165) is 30.0 Å². The lowest BCUT2D eigenvalue weighted by molar-refractivity contribution is 0.172. The second kappa shape index (κ2) is 4.96. The minimum Gasteiger partial charge on any atom is -0.486 e. The van der Waals surface area contributed by atoms with E-state index in [1.165, 1.54) is 0 Å². The summed E-state index contributed by atoms with van der Waals surface area (Å²) >= 11 is 0. The SMILES string of the molecule is CCCC(C)(C)Nc1cc2c(cc1N)OCCO2. The van der Waals surface area contributed by atoms with E-state index in [9.17, 15) is 0 Å². The van der Waals surface area contributed by atoms with Crippen LogP contribution in [0.2, 0.25) is 0 Å². The van der Waals surface area contributed by atoms with E-state index in [1.807, 2.05) is 12.1 Å². The van der Waals surface area contributed by atoms with Crippen molar-refractivity contribution in [1.29, 1.82) is 0 Å². The minimum absolute atomic E-state index is 0.0205. The molecule has 4 nitrogen and oxygen atoms in total. The maximum Gasteiger partial charge on any atom is 0.163 e. The predicted octanol–water partition coefficient (Wildman–Crippen LogP) is 3.03. The van der Waals surface area contributed by atoms with Crippen LogP contribution >= 0.6 is 0 Å². The molecule has 0 aromatic heterocycles. The van der Waals surface area contributed by atoms with E-state index >= 15 is 0 Å². The molecule has 1 heterocycles. The summed E-state index contributed by atoms with van der Waals surface area (Å²) in [6.07, 6.45) is 2.21. The highest BCUT2D eigenvalue weighted by atomic mass is 16.6. The Balaban J connectivity index is 2.23. The monoisotopic (exact) mass is 250 g/mol. The van der Waals surface area contributed by atoms with Gasteiger partial charge in [0, 0.05) is 17.7 Å². The molecule has 0 bridgehead atoms. The van der Waals surface area contributed by atoms with E-state index in [2.05, 4.69) is 26.1 Å². The van der Waals surface area contributed by atoms with E-state index in [0.29, 0.717) is 18.9 Å². The largest absolute Gasteiger partial charge is 0.486 e. The highest BCUT2D eigenvalue weighted by molar-refractivity contribution is 5.72. The van der Waals surface area contributed by atoms with Crippen LogP contribution in [-0.4, -0.2) is 18.8 Å². The number of fused-ring (bicyclic) bond motifs is 1. The Hall–Kier alpha value is -1.58. The molecule has 100 valence electrons. The smallest absolute Gasteiger partial charge is 0.163 e. The molecule has 0 spiro atoms. The second-order valence-electron chi connectivity index (χ2n) is 5.34. The third-order valence-electron chi connectivity index (χ3n) is 3.06. The lowest BCUT2D eigenvalue weighted by Gasteiger charge is -2.29. The molecule has 0 atom stereocenters. The van der Waals surface area contributed by atoms with Gasteiger partial charge in [0.05, 0.1) is 11.4 Å². The number of anilines is 2. The average Bonchev–Trinajstić information content (AvgIpc) is 2.29. The molecule has 0 fully saturated rings. The molecule has 0 radical (unpaired) electrons. The van der Waals surface area contributed by atoms with Crippen molar-refractivity contribution in [1.82, 2.24) is 0 Å². The quantitative estimate of drug-likeness (QED) is 0.806. The Labute approximate surface area is 108 Å². The molecule has 0 saturated carbocycles. The summed E-state index contributed by atoms with van der Waals surface area (Å²) in [4.78, 5) is 0. The van der Waals surface area contributed by atoms with Gasteiger partial charge in [-0.15, -0.1) is 0 Å². The fourth-order valence-electron chi connectivity index (χ4n) is 2.26. The molecule has 4 heteroatoms. The molecule has 0 saturated heterocycles. The second-order valence-corrected chi connectivity index (χ2v) is 5.34. The summed E-state index contributed by atoms with van der Waals surface area (Å²) in [5.74, 6) is 1.50. The van der Waals surface area contributed by atoms with Crippen LogP contribution < -0.4 is 20.5 Å². The van der Waals surface area contributed by atoms with Crippen molar-refractivity contribution >= 4 is 11.4 Å². The predicted molar refractivity (Wildman–Crippen MR) is 74.5 cm³/mol. The number of nitrogen functional groups attached to an aromatic ring is 1. The third kappa shape index (κ3) is 2.81. The summed E-state index contributed by atoms with van der Waals surface area (Å²) in [7, 11) is 0. The molecular weight excluding hydrogens is 228 g/mol. The summed E-state index contributed by atoms with van der Waals surface area (Å²) in [5, 5.41) is 3.48. The fraction of sp³-hybridized carbons (Fsp3) is 0.571. The Morgan fingerprint density at radius 2 is 1.83 bits per heavy atom. The molecule has 0 amide bonds. The number of nitrogens with one attached hydrogen (secondary N) is 1. The van der Waals surface area contributed by atoms with Gasteiger partial charge >= 0.3 is 0 Å². The van der Waals surface area contributed by atoms with Gasteiger partial charge in [-0.25, -0.2) is 0 Å². The first-order chi connectivity index (χ1) is 8.52. The molecule has 2 rings (SSSR count). The van der Waals surface area contributed by atoms with Crippen molar-refractivity contribution in [3.8, 4) is 11.5 Å². The summed E-state index contributed by atoms with van der Waals surface area (Å²) in [6.45, 7) is 7.70. The van der Waals surface area contributed by atoms with Crippen LogP contribution in [0.15, 0.2) is 12.1 Å². The van der Waals surface area contributed by atoms with Crippen LogP contribution in [-0.2, 0) is 0 Å². The molecule has 0 unspecified atom stereocenters. The van der Waals surface area contributed by atoms with E-state index in [1.54, 1.807) is 0 Å². The Kier molecular flexibility index (Phi) is 3.55. The maximum absolute atomic E-state index is 6.05. The summed E-state index contributed by atoms with van der Waals surface area (Å²) in [6, 6.07) is 3.76. The van der Waals surface area contributed by atoms with E-state index in [-0.39, 0.29) is 5.54 Å². The van der Waals surface area contributed by atoms with Crippen molar-refractivity contribution in [2.75, 3.05) is 24.3 Å². The van der Waals surface area contributed by atoms with E-state index < -0.39 is 0 Å². The first-order valence-corrected chi connectivity index (χ1v) is 6.49. The maximum atomic E-state index is 6.05. The van der Waals surface area contributed by atoms with Crippen molar-refractivity contribution in [3.63, 3.8) is 0 Å². The van der Waals surface area contributed by atoms with Gasteiger partial charge in [0.15, 0.2) is 11.5 Å². The van der Waals surface area contributed by atoms with Crippen LogP contribution in [0.3, 0.4) is 0 Å². The number of benzene rings is 1. The first-order valence-electron chi connectivity index (χ1n) is 6.49. The van der Waals surface area contributed by atoms with Gasteiger partial charge in [-0.1, -0.05) is 13.3 Å². The highest BCUT2D eigenvalue weighted by Crippen LogP contribution is 2.38. The number of nitrogens with two attached hydrogens (primary N) is 1. The normalized spacial score (nSPS) is 14.4. The Bertz CT molecular complexity index is 430. The van der Waals surface area contributed by atoms with Crippen LogP contribution in [0, 0.1) is 0 Å². The van der Waals surface area contributed by atoms with E-state index in [4.69, 9.17) is 15.2 Å². The van der Waals surface area contributed by atoms with Crippen LogP contribution in [0.1, 0.15) is 33.6 Å². The van der Waals surface area contributed by atoms with Crippen LogP contribution in [0.4, 0.5) is 11.4 Å². The van der Waals surface area contributed by atoms with Gasteiger partial charge in [-0.3, -0.25) is 0 Å². The molecule has 1 aliphatic heterocycles. The molecular formula is C14H22N2O2. The topological polar surface area (TPSA) is 56.5 Å². The average molecular weight is 250 g/mol. The molecule has 18 heavy (non-hydrogen) atoms. The zero-order valence-electron chi connectivity index (χ0n) is 11.4. The molecule has 1 aromatic carbocycles. The van der Waals surface area contributed by atoms with Crippen molar-refractivity contribution in [3.05, 3.63) is 12.1 Å². The van der Waals surface area contributed by atoms with Gasteiger partial charge in [0.1, 0.15) is 13.2 Å². The lowest BCUT2D eigenvalue weighted by Crippen LogP contribution is -2.31. The summed E-state index contributed by atoms with van der Waals surface area (Å²) in [5.41, 5.74) is 7.68. The molecule has 1 aliphatic rings. The van der Waals surface area contributed by atoms with Crippen LogP contribution in [0.5, 0.6) is 11.5 Å². The number of rotatable bonds is 4. The fourth-order valence-corrected chi connectivity index (χ4v) is 2.26. The summed E-state index contributed by atoms with van der Waals surface area (Å²) < 4.78 is 11.1. The molecule has 0 aliphatic carbocycles. The zero-order chi connectivity index (χ0) is 13.2. The Morgan fingerprint density at radius 1 is 1.22 bits per heavy atom.